The van der Waals surface area contributed by atoms with Crippen molar-refractivity contribution in [3.63, 3.8) is 0 Å². The summed E-state index contributed by atoms with van der Waals surface area (Å²) in [6, 6.07) is 0.650. The lowest BCUT2D eigenvalue weighted by molar-refractivity contribution is 0.435. The van der Waals surface area contributed by atoms with Crippen LogP contribution in [0.1, 0.15) is 24.5 Å². The Hall–Kier alpha value is -0.0600. The van der Waals surface area contributed by atoms with Crippen LogP contribution in [0.15, 0.2) is 5.38 Å². The maximum absolute atomic E-state index is 4.44. The fraction of sp³-hybridized carbons (Fsp3) is 0.700. The van der Waals surface area contributed by atoms with Crippen molar-refractivity contribution in [1.29, 1.82) is 0 Å². The smallest absolute Gasteiger partial charge is 0.107 e. The summed E-state index contributed by atoms with van der Waals surface area (Å²) in [6.07, 6.45) is 0. The number of rotatable bonds is 3. The van der Waals surface area contributed by atoms with E-state index in [2.05, 4.69) is 29.5 Å². The summed E-state index contributed by atoms with van der Waals surface area (Å²) < 4.78 is 0.409. The molecule has 78 valence electrons. The first-order valence-electron chi connectivity index (χ1n) is 4.86. The Bertz CT molecular complexity index is 320. The second-order valence-corrected chi connectivity index (χ2v) is 6.85. The van der Waals surface area contributed by atoms with Crippen molar-refractivity contribution in [3.05, 3.63) is 16.1 Å². The van der Waals surface area contributed by atoms with E-state index in [1.54, 1.807) is 11.3 Å². The van der Waals surface area contributed by atoms with Crippen molar-refractivity contribution >= 4 is 23.1 Å². The van der Waals surface area contributed by atoms with Crippen molar-refractivity contribution in [1.82, 2.24) is 10.3 Å². The van der Waals surface area contributed by atoms with Crippen molar-refractivity contribution < 1.29 is 0 Å². The van der Waals surface area contributed by atoms with E-state index in [9.17, 15) is 0 Å². The van der Waals surface area contributed by atoms with E-state index in [1.807, 2.05) is 18.7 Å². The quantitative estimate of drug-likeness (QED) is 0.860. The first-order chi connectivity index (χ1) is 6.58. The molecule has 1 aliphatic rings. The largest absolute Gasteiger partial charge is 0.305 e. The Morgan fingerprint density at radius 3 is 2.86 bits per heavy atom. The highest BCUT2D eigenvalue weighted by atomic mass is 32.2. The van der Waals surface area contributed by atoms with Crippen molar-refractivity contribution in [2.24, 2.45) is 0 Å². The highest BCUT2D eigenvalue weighted by Crippen LogP contribution is 2.39. The molecule has 0 radical (unpaired) electrons. The summed E-state index contributed by atoms with van der Waals surface area (Å²) in [5, 5.41) is 6.88. The molecule has 1 aliphatic heterocycles. The number of thiazole rings is 1. The molecule has 2 rings (SSSR count). The van der Waals surface area contributed by atoms with Gasteiger partial charge in [0.05, 0.1) is 0 Å². The van der Waals surface area contributed by atoms with Crippen LogP contribution in [-0.4, -0.2) is 21.5 Å². The Kier molecular flexibility index (Phi) is 2.86. The van der Waals surface area contributed by atoms with E-state index in [0.717, 1.165) is 12.2 Å². The van der Waals surface area contributed by atoms with Gasteiger partial charge < -0.3 is 5.32 Å². The van der Waals surface area contributed by atoms with Gasteiger partial charge in [0.1, 0.15) is 5.01 Å². The minimum Gasteiger partial charge on any atom is -0.305 e. The lowest BCUT2D eigenvalue weighted by atomic mass is 10.0. The van der Waals surface area contributed by atoms with Gasteiger partial charge in [0, 0.05) is 34.2 Å². The average Bonchev–Trinajstić information content (AvgIpc) is 2.50. The Morgan fingerprint density at radius 1 is 1.64 bits per heavy atom. The Labute approximate surface area is 93.5 Å². The maximum Gasteiger partial charge on any atom is 0.107 e. The zero-order valence-corrected chi connectivity index (χ0v) is 10.5. The third-order valence-corrected chi connectivity index (χ3v) is 5.12. The van der Waals surface area contributed by atoms with Gasteiger partial charge in [0.15, 0.2) is 0 Å². The molecule has 14 heavy (non-hydrogen) atoms. The first kappa shape index (κ1) is 10.5. The number of thioether (sulfide) groups is 1. The standard InChI is InChI=1S/C10H16N2S2/c1-7-5-13-9(12-7)4-11-8-6-14-10(8,2)3/h5,8,11H,4,6H2,1-3H3. The SMILES string of the molecule is Cc1csc(CNC2CSC2(C)C)n1. The molecule has 1 atom stereocenters. The van der Waals surface area contributed by atoms with Crippen LogP contribution in [0.4, 0.5) is 0 Å². The summed E-state index contributed by atoms with van der Waals surface area (Å²) in [5.74, 6) is 1.23. The van der Waals surface area contributed by atoms with Crippen LogP contribution in [0.5, 0.6) is 0 Å². The predicted molar refractivity (Wildman–Crippen MR) is 64.0 cm³/mol. The van der Waals surface area contributed by atoms with Crippen LogP contribution in [0, 0.1) is 6.92 Å². The van der Waals surface area contributed by atoms with Gasteiger partial charge in [-0.2, -0.15) is 11.8 Å². The third kappa shape index (κ3) is 2.12. The zero-order chi connectivity index (χ0) is 10.2. The fourth-order valence-corrected chi connectivity index (χ4v) is 3.42. The van der Waals surface area contributed by atoms with Gasteiger partial charge in [-0.05, 0) is 20.8 Å². The van der Waals surface area contributed by atoms with Crippen LogP contribution in [-0.2, 0) is 6.54 Å². The van der Waals surface area contributed by atoms with Gasteiger partial charge in [-0.25, -0.2) is 4.98 Å². The molecule has 1 unspecified atom stereocenters. The lowest BCUT2D eigenvalue weighted by Crippen LogP contribution is -2.54. The predicted octanol–water partition coefficient (Wildman–Crippen LogP) is 2.44. The molecule has 4 heteroatoms. The normalized spacial score (nSPS) is 24.6. The number of nitrogens with one attached hydrogen (secondary N) is 1. The highest BCUT2D eigenvalue weighted by molar-refractivity contribution is 8.02. The van der Waals surface area contributed by atoms with E-state index in [-0.39, 0.29) is 0 Å². The lowest BCUT2D eigenvalue weighted by Gasteiger charge is -2.44. The zero-order valence-electron chi connectivity index (χ0n) is 8.83. The fourth-order valence-electron chi connectivity index (χ4n) is 1.50. The Balaban J connectivity index is 1.83. The molecule has 0 bridgehead atoms. The molecule has 0 amide bonds. The van der Waals surface area contributed by atoms with Gasteiger partial charge in [-0.3, -0.25) is 0 Å². The Morgan fingerprint density at radius 2 is 2.43 bits per heavy atom. The van der Waals surface area contributed by atoms with Crippen LogP contribution in [0.2, 0.25) is 0 Å². The van der Waals surface area contributed by atoms with E-state index < -0.39 is 0 Å². The molecule has 2 nitrogen and oxygen atoms in total. The van der Waals surface area contributed by atoms with Crippen LogP contribution >= 0.6 is 23.1 Å². The molecule has 1 aromatic heterocycles. The minimum absolute atomic E-state index is 0.409. The minimum atomic E-state index is 0.409. The topological polar surface area (TPSA) is 24.9 Å². The highest BCUT2D eigenvalue weighted by Gasteiger charge is 2.38. The van der Waals surface area contributed by atoms with E-state index in [0.29, 0.717) is 10.8 Å². The average molecular weight is 228 g/mol. The second kappa shape index (κ2) is 3.83. The molecule has 1 N–H and O–H groups in total. The number of aromatic nitrogens is 1. The van der Waals surface area contributed by atoms with E-state index in [4.69, 9.17) is 0 Å². The molecular formula is C10H16N2S2. The van der Waals surface area contributed by atoms with Gasteiger partial charge in [-0.15, -0.1) is 11.3 Å². The van der Waals surface area contributed by atoms with Gasteiger partial charge in [0.25, 0.3) is 0 Å². The summed E-state index contributed by atoms with van der Waals surface area (Å²) in [6.45, 7) is 7.56. The summed E-state index contributed by atoms with van der Waals surface area (Å²) in [7, 11) is 0. The van der Waals surface area contributed by atoms with Gasteiger partial charge >= 0.3 is 0 Å². The third-order valence-electron chi connectivity index (χ3n) is 2.63. The first-order valence-corrected chi connectivity index (χ1v) is 6.73. The molecule has 1 aromatic rings. The maximum atomic E-state index is 4.44. The number of hydrogen-bond donors (Lipinski definition) is 1. The molecular weight excluding hydrogens is 212 g/mol. The van der Waals surface area contributed by atoms with Gasteiger partial charge in [-0.1, -0.05) is 0 Å². The van der Waals surface area contributed by atoms with Crippen molar-refractivity contribution in [3.8, 4) is 0 Å². The molecule has 1 fully saturated rings. The van der Waals surface area contributed by atoms with Crippen molar-refractivity contribution in [2.45, 2.75) is 38.1 Å². The molecule has 2 heterocycles. The monoisotopic (exact) mass is 228 g/mol. The second-order valence-electron chi connectivity index (χ2n) is 4.23. The van der Waals surface area contributed by atoms with Crippen LogP contribution in [0.25, 0.3) is 0 Å². The van der Waals surface area contributed by atoms with E-state index >= 15 is 0 Å². The molecule has 0 saturated carbocycles. The summed E-state index contributed by atoms with van der Waals surface area (Å²) in [4.78, 5) is 4.44. The molecule has 0 aliphatic carbocycles. The number of aryl methyl sites for hydroxylation is 1. The van der Waals surface area contributed by atoms with Crippen molar-refractivity contribution in [2.75, 3.05) is 5.75 Å². The molecule has 0 aromatic carbocycles. The number of nitrogens with zero attached hydrogens (tertiary/aromatic N) is 1. The van der Waals surface area contributed by atoms with Crippen LogP contribution in [0.3, 0.4) is 0 Å². The van der Waals surface area contributed by atoms with E-state index in [1.165, 1.54) is 10.8 Å². The molecule has 0 spiro atoms. The number of hydrogen-bond acceptors (Lipinski definition) is 4. The summed E-state index contributed by atoms with van der Waals surface area (Å²) in [5.41, 5.74) is 1.13. The van der Waals surface area contributed by atoms with Gasteiger partial charge in [0.2, 0.25) is 0 Å². The van der Waals surface area contributed by atoms with Crippen LogP contribution < -0.4 is 5.32 Å². The molecule has 1 saturated heterocycles. The summed E-state index contributed by atoms with van der Waals surface area (Å²) >= 11 is 3.78.